The molecule has 1 aromatic rings. The molecule has 4 nitrogen and oxygen atoms in total. The average molecular weight is 205 g/mol. The Bertz CT molecular complexity index is 342. The molecule has 0 spiro atoms. The first-order valence-electron chi connectivity index (χ1n) is 5.04. The Balaban J connectivity index is 2.10. The summed E-state index contributed by atoms with van der Waals surface area (Å²) in [7, 11) is 0. The first-order chi connectivity index (χ1) is 7.18. The maximum atomic E-state index is 12.0. The molecule has 15 heavy (non-hydrogen) atoms. The van der Waals surface area contributed by atoms with Gasteiger partial charge < -0.3 is 16.4 Å². The Kier molecular flexibility index (Phi) is 2.70. The number of carbonyl (C=O) groups is 1. The SMILES string of the molecule is NC1CN(C(=O)c2ccccc2)CC1N. The van der Waals surface area contributed by atoms with Gasteiger partial charge in [-0.05, 0) is 12.1 Å². The van der Waals surface area contributed by atoms with Crippen LogP contribution in [0.25, 0.3) is 0 Å². The standard InChI is InChI=1S/C11H15N3O/c12-9-6-14(7-10(9)13)11(15)8-4-2-1-3-5-8/h1-5,9-10H,6-7,12-13H2. The quantitative estimate of drug-likeness (QED) is 0.666. The molecular weight excluding hydrogens is 190 g/mol. The number of nitrogens with two attached hydrogens (primary N) is 2. The van der Waals surface area contributed by atoms with E-state index in [0.29, 0.717) is 18.7 Å². The second-order valence-electron chi connectivity index (χ2n) is 3.90. The predicted molar refractivity (Wildman–Crippen MR) is 58.3 cm³/mol. The summed E-state index contributed by atoms with van der Waals surface area (Å²) in [6, 6.07) is 9.00. The van der Waals surface area contributed by atoms with E-state index in [4.69, 9.17) is 11.5 Å². The van der Waals surface area contributed by atoms with Crippen LogP contribution >= 0.6 is 0 Å². The van der Waals surface area contributed by atoms with Gasteiger partial charge in [-0.1, -0.05) is 18.2 Å². The van der Waals surface area contributed by atoms with E-state index in [9.17, 15) is 4.79 Å². The highest BCUT2D eigenvalue weighted by atomic mass is 16.2. The third kappa shape index (κ3) is 2.00. The predicted octanol–water partition coefficient (Wildman–Crippen LogP) is -0.203. The number of rotatable bonds is 1. The van der Waals surface area contributed by atoms with Gasteiger partial charge in [-0.2, -0.15) is 0 Å². The summed E-state index contributed by atoms with van der Waals surface area (Å²) in [5.41, 5.74) is 12.2. The summed E-state index contributed by atoms with van der Waals surface area (Å²) in [5.74, 6) is 0.0130. The molecule has 1 heterocycles. The van der Waals surface area contributed by atoms with Gasteiger partial charge in [-0.25, -0.2) is 0 Å². The minimum Gasteiger partial charge on any atom is -0.335 e. The smallest absolute Gasteiger partial charge is 0.253 e. The third-order valence-electron chi connectivity index (χ3n) is 2.72. The fourth-order valence-corrected chi connectivity index (χ4v) is 1.78. The molecule has 1 saturated heterocycles. The maximum absolute atomic E-state index is 12.0. The number of nitrogens with zero attached hydrogens (tertiary/aromatic N) is 1. The third-order valence-corrected chi connectivity index (χ3v) is 2.72. The van der Waals surface area contributed by atoms with Gasteiger partial charge in [-0.3, -0.25) is 4.79 Å². The van der Waals surface area contributed by atoms with Gasteiger partial charge in [0.25, 0.3) is 5.91 Å². The lowest BCUT2D eigenvalue weighted by atomic mass is 10.2. The minimum atomic E-state index is -0.0994. The number of carbonyl (C=O) groups excluding carboxylic acids is 1. The molecule has 1 aliphatic rings. The summed E-state index contributed by atoms with van der Waals surface area (Å²) >= 11 is 0. The summed E-state index contributed by atoms with van der Waals surface area (Å²) in [5, 5.41) is 0. The minimum absolute atomic E-state index is 0.0130. The molecule has 1 aliphatic heterocycles. The van der Waals surface area contributed by atoms with E-state index in [1.807, 2.05) is 18.2 Å². The summed E-state index contributed by atoms with van der Waals surface area (Å²) < 4.78 is 0. The zero-order valence-corrected chi connectivity index (χ0v) is 8.47. The Morgan fingerprint density at radius 3 is 2.20 bits per heavy atom. The number of hydrogen-bond acceptors (Lipinski definition) is 3. The van der Waals surface area contributed by atoms with Crippen LogP contribution in [0.5, 0.6) is 0 Å². The van der Waals surface area contributed by atoms with Crippen molar-refractivity contribution in [3.63, 3.8) is 0 Å². The largest absolute Gasteiger partial charge is 0.335 e. The lowest BCUT2D eigenvalue weighted by Crippen LogP contribution is -2.39. The van der Waals surface area contributed by atoms with Crippen LogP contribution in [0.2, 0.25) is 0 Å². The van der Waals surface area contributed by atoms with Gasteiger partial charge in [0.15, 0.2) is 0 Å². The van der Waals surface area contributed by atoms with Crippen LogP contribution in [0, 0.1) is 0 Å². The van der Waals surface area contributed by atoms with Crippen molar-refractivity contribution in [2.45, 2.75) is 12.1 Å². The van der Waals surface area contributed by atoms with E-state index in [1.54, 1.807) is 17.0 Å². The van der Waals surface area contributed by atoms with E-state index in [2.05, 4.69) is 0 Å². The summed E-state index contributed by atoms with van der Waals surface area (Å²) in [6.07, 6.45) is 0. The molecule has 80 valence electrons. The van der Waals surface area contributed by atoms with Crippen LogP contribution in [-0.4, -0.2) is 36.0 Å². The zero-order valence-electron chi connectivity index (χ0n) is 8.47. The Hall–Kier alpha value is -1.39. The van der Waals surface area contributed by atoms with Crippen LogP contribution in [-0.2, 0) is 0 Å². The normalized spacial score (nSPS) is 25.6. The molecule has 1 amide bonds. The van der Waals surface area contributed by atoms with Crippen molar-refractivity contribution < 1.29 is 4.79 Å². The Labute approximate surface area is 88.9 Å². The van der Waals surface area contributed by atoms with Crippen molar-refractivity contribution in [1.82, 2.24) is 4.90 Å². The average Bonchev–Trinajstić information content (AvgIpc) is 2.59. The van der Waals surface area contributed by atoms with E-state index >= 15 is 0 Å². The van der Waals surface area contributed by atoms with Crippen molar-refractivity contribution in [1.29, 1.82) is 0 Å². The van der Waals surface area contributed by atoms with E-state index in [-0.39, 0.29) is 18.0 Å². The Morgan fingerprint density at radius 1 is 1.13 bits per heavy atom. The van der Waals surface area contributed by atoms with Crippen LogP contribution in [0.4, 0.5) is 0 Å². The lowest BCUT2D eigenvalue weighted by Gasteiger charge is -2.15. The van der Waals surface area contributed by atoms with Crippen molar-refractivity contribution in [2.24, 2.45) is 11.5 Å². The number of benzene rings is 1. The molecule has 0 aliphatic carbocycles. The molecule has 1 aromatic carbocycles. The molecule has 2 atom stereocenters. The molecule has 4 heteroatoms. The molecule has 0 bridgehead atoms. The molecule has 0 saturated carbocycles. The van der Waals surface area contributed by atoms with Crippen LogP contribution in [0.1, 0.15) is 10.4 Å². The number of likely N-dealkylation sites (tertiary alicyclic amines) is 1. The van der Waals surface area contributed by atoms with E-state index in [1.165, 1.54) is 0 Å². The van der Waals surface area contributed by atoms with Gasteiger partial charge in [0.2, 0.25) is 0 Å². The Morgan fingerprint density at radius 2 is 1.67 bits per heavy atom. The molecule has 0 radical (unpaired) electrons. The molecule has 2 rings (SSSR count). The molecule has 0 aromatic heterocycles. The molecule has 1 fully saturated rings. The first kappa shape index (κ1) is 10.1. The highest BCUT2D eigenvalue weighted by molar-refractivity contribution is 5.94. The second-order valence-corrected chi connectivity index (χ2v) is 3.90. The second kappa shape index (κ2) is 4.00. The van der Waals surface area contributed by atoms with Gasteiger partial charge in [0.1, 0.15) is 0 Å². The van der Waals surface area contributed by atoms with Gasteiger partial charge in [-0.15, -0.1) is 0 Å². The maximum Gasteiger partial charge on any atom is 0.253 e. The van der Waals surface area contributed by atoms with Crippen LogP contribution in [0.15, 0.2) is 30.3 Å². The number of amides is 1. The van der Waals surface area contributed by atoms with Gasteiger partial charge in [0.05, 0.1) is 0 Å². The number of hydrogen-bond donors (Lipinski definition) is 2. The van der Waals surface area contributed by atoms with Gasteiger partial charge >= 0.3 is 0 Å². The fourth-order valence-electron chi connectivity index (χ4n) is 1.78. The van der Waals surface area contributed by atoms with Crippen LogP contribution < -0.4 is 11.5 Å². The lowest BCUT2D eigenvalue weighted by molar-refractivity contribution is 0.0789. The van der Waals surface area contributed by atoms with Crippen molar-refractivity contribution in [3.8, 4) is 0 Å². The van der Waals surface area contributed by atoms with Gasteiger partial charge in [0, 0.05) is 30.7 Å². The summed E-state index contributed by atoms with van der Waals surface area (Å²) in [6.45, 7) is 1.10. The summed E-state index contributed by atoms with van der Waals surface area (Å²) in [4.78, 5) is 13.7. The highest BCUT2D eigenvalue weighted by Gasteiger charge is 2.30. The van der Waals surface area contributed by atoms with E-state index in [0.717, 1.165) is 0 Å². The van der Waals surface area contributed by atoms with Crippen molar-refractivity contribution in [2.75, 3.05) is 13.1 Å². The molecule has 4 N–H and O–H groups in total. The van der Waals surface area contributed by atoms with Crippen LogP contribution in [0.3, 0.4) is 0 Å². The topological polar surface area (TPSA) is 72.3 Å². The molecule has 2 unspecified atom stereocenters. The monoisotopic (exact) mass is 205 g/mol. The van der Waals surface area contributed by atoms with Crippen molar-refractivity contribution in [3.05, 3.63) is 35.9 Å². The first-order valence-corrected chi connectivity index (χ1v) is 5.04. The molecular formula is C11H15N3O. The van der Waals surface area contributed by atoms with Crippen molar-refractivity contribution >= 4 is 5.91 Å². The fraction of sp³-hybridized carbons (Fsp3) is 0.364. The highest BCUT2D eigenvalue weighted by Crippen LogP contribution is 2.11. The van der Waals surface area contributed by atoms with E-state index < -0.39 is 0 Å². The zero-order chi connectivity index (χ0) is 10.8.